The molecule has 0 radical (unpaired) electrons. The molecular formula is C15H23NO. The van der Waals surface area contributed by atoms with Gasteiger partial charge in [0.15, 0.2) is 0 Å². The molecule has 2 rings (SSSR count). The third-order valence-electron chi connectivity index (χ3n) is 3.70. The van der Waals surface area contributed by atoms with Crippen molar-refractivity contribution in [2.75, 3.05) is 6.54 Å². The van der Waals surface area contributed by atoms with Crippen LogP contribution in [0.25, 0.3) is 0 Å². The number of benzene rings is 1. The fraction of sp³-hybridized carbons (Fsp3) is 0.600. The summed E-state index contributed by atoms with van der Waals surface area (Å²) in [5.41, 5.74) is 2.67. The number of aryl methyl sites for hydroxylation is 1. The van der Waals surface area contributed by atoms with E-state index in [-0.39, 0.29) is 6.10 Å². The molecule has 1 aliphatic carbocycles. The molecule has 1 aliphatic rings. The van der Waals surface area contributed by atoms with Gasteiger partial charge in [-0.25, -0.2) is 0 Å². The van der Waals surface area contributed by atoms with Crippen molar-refractivity contribution >= 4 is 0 Å². The molecule has 94 valence electrons. The molecule has 1 saturated carbocycles. The summed E-state index contributed by atoms with van der Waals surface area (Å²) < 4.78 is 0. The van der Waals surface area contributed by atoms with E-state index in [0.717, 1.165) is 31.8 Å². The van der Waals surface area contributed by atoms with Crippen LogP contribution in [0.4, 0.5) is 0 Å². The summed E-state index contributed by atoms with van der Waals surface area (Å²) in [5.74, 6) is 0.754. The van der Waals surface area contributed by atoms with Gasteiger partial charge in [-0.3, -0.25) is 0 Å². The van der Waals surface area contributed by atoms with Gasteiger partial charge in [-0.1, -0.05) is 29.8 Å². The molecular weight excluding hydrogens is 210 g/mol. The molecule has 0 heterocycles. The second kappa shape index (κ2) is 6.18. The maximum Gasteiger partial charge on any atom is 0.0540 e. The van der Waals surface area contributed by atoms with Crippen molar-refractivity contribution in [1.29, 1.82) is 0 Å². The number of aliphatic hydroxyl groups is 1. The molecule has 2 heteroatoms. The SMILES string of the molecule is Cc1ccc(CNCC2CCC(O)CC2)cc1. The van der Waals surface area contributed by atoms with Crippen LogP contribution in [0, 0.1) is 12.8 Å². The van der Waals surface area contributed by atoms with Gasteiger partial charge in [-0.15, -0.1) is 0 Å². The number of aliphatic hydroxyl groups excluding tert-OH is 1. The van der Waals surface area contributed by atoms with Gasteiger partial charge in [0, 0.05) is 6.54 Å². The molecule has 1 aromatic carbocycles. The second-order valence-electron chi connectivity index (χ2n) is 5.29. The van der Waals surface area contributed by atoms with Crippen LogP contribution >= 0.6 is 0 Å². The molecule has 2 nitrogen and oxygen atoms in total. The maximum absolute atomic E-state index is 9.44. The summed E-state index contributed by atoms with van der Waals surface area (Å²) >= 11 is 0. The van der Waals surface area contributed by atoms with Gasteiger partial charge < -0.3 is 10.4 Å². The summed E-state index contributed by atoms with van der Waals surface area (Å²) in [6.07, 6.45) is 4.26. The van der Waals surface area contributed by atoms with Crippen LogP contribution < -0.4 is 5.32 Å². The average Bonchev–Trinajstić information content (AvgIpc) is 2.34. The Balaban J connectivity index is 1.67. The van der Waals surface area contributed by atoms with E-state index >= 15 is 0 Å². The van der Waals surface area contributed by atoms with Gasteiger partial charge in [0.2, 0.25) is 0 Å². The summed E-state index contributed by atoms with van der Waals surface area (Å²) in [4.78, 5) is 0. The van der Waals surface area contributed by atoms with Crippen LogP contribution in [-0.2, 0) is 6.54 Å². The lowest BCUT2D eigenvalue weighted by Gasteiger charge is -2.25. The van der Waals surface area contributed by atoms with Crippen molar-refractivity contribution in [2.45, 2.75) is 45.3 Å². The van der Waals surface area contributed by atoms with Gasteiger partial charge in [0.1, 0.15) is 0 Å². The third-order valence-corrected chi connectivity index (χ3v) is 3.70. The Kier molecular flexibility index (Phi) is 4.57. The molecule has 17 heavy (non-hydrogen) atoms. The molecule has 0 spiro atoms. The minimum absolute atomic E-state index is 0.0386. The Morgan fingerprint density at radius 1 is 1.12 bits per heavy atom. The average molecular weight is 233 g/mol. The maximum atomic E-state index is 9.44. The predicted molar refractivity (Wildman–Crippen MR) is 70.9 cm³/mol. The third kappa shape index (κ3) is 4.14. The molecule has 1 fully saturated rings. The minimum atomic E-state index is -0.0386. The molecule has 0 saturated heterocycles. The first-order chi connectivity index (χ1) is 8.24. The Morgan fingerprint density at radius 2 is 1.76 bits per heavy atom. The summed E-state index contributed by atoms with van der Waals surface area (Å²) in [5, 5.41) is 13.0. The fourth-order valence-corrected chi connectivity index (χ4v) is 2.48. The number of hydrogen-bond acceptors (Lipinski definition) is 2. The standard InChI is InChI=1S/C15H23NO/c1-12-2-4-13(5-3-12)10-16-11-14-6-8-15(17)9-7-14/h2-5,14-17H,6-11H2,1H3. The van der Waals surface area contributed by atoms with E-state index in [4.69, 9.17) is 0 Å². The Morgan fingerprint density at radius 3 is 2.41 bits per heavy atom. The zero-order valence-corrected chi connectivity index (χ0v) is 10.7. The lowest BCUT2D eigenvalue weighted by Crippen LogP contribution is -2.27. The van der Waals surface area contributed by atoms with Crippen LogP contribution in [0.1, 0.15) is 36.8 Å². The summed E-state index contributed by atoms with van der Waals surface area (Å²) in [6.45, 7) is 4.16. The van der Waals surface area contributed by atoms with Crippen molar-refractivity contribution in [3.63, 3.8) is 0 Å². The van der Waals surface area contributed by atoms with E-state index in [1.807, 2.05) is 0 Å². The smallest absolute Gasteiger partial charge is 0.0540 e. The monoisotopic (exact) mass is 233 g/mol. The van der Waals surface area contributed by atoms with E-state index in [2.05, 4.69) is 36.5 Å². The fourth-order valence-electron chi connectivity index (χ4n) is 2.48. The zero-order chi connectivity index (χ0) is 12.1. The van der Waals surface area contributed by atoms with E-state index in [1.54, 1.807) is 0 Å². The molecule has 0 aliphatic heterocycles. The lowest BCUT2D eigenvalue weighted by atomic mass is 9.87. The summed E-state index contributed by atoms with van der Waals surface area (Å²) in [6, 6.07) is 8.70. The first-order valence-corrected chi connectivity index (χ1v) is 6.68. The largest absolute Gasteiger partial charge is 0.393 e. The van der Waals surface area contributed by atoms with E-state index < -0.39 is 0 Å². The number of nitrogens with one attached hydrogen (secondary N) is 1. The minimum Gasteiger partial charge on any atom is -0.393 e. The van der Waals surface area contributed by atoms with E-state index in [1.165, 1.54) is 24.0 Å². The normalized spacial score (nSPS) is 24.8. The van der Waals surface area contributed by atoms with Crippen molar-refractivity contribution in [2.24, 2.45) is 5.92 Å². The quantitative estimate of drug-likeness (QED) is 0.838. The first-order valence-electron chi connectivity index (χ1n) is 6.68. The van der Waals surface area contributed by atoms with E-state index in [0.29, 0.717) is 0 Å². The highest BCUT2D eigenvalue weighted by Crippen LogP contribution is 2.23. The van der Waals surface area contributed by atoms with Gasteiger partial charge in [0.05, 0.1) is 6.10 Å². The zero-order valence-electron chi connectivity index (χ0n) is 10.7. The molecule has 1 aromatic rings. The highest BCUT2D eigenvalue weighted by atomic mass is 16.3. The molecule has 0 unspecified atom stereocenters. The predicted octanol–water partition coefficient (Wildman–Crippen LogP) is 2.64. The Labute approximate surface area is 104 Å². The van der Waals surface area contributed by atoms with Crippen molar-refractivity contribution < 1.29 is 5.11 Å². The first kappa shape index (κ1) is 12.6. The highest BCUT2D eigenvalue weighted by molar-refractivity contribution is 5.21. The van der Waals surface area contributed by atoms with Gasteiger partial charge in [-0.05, 0) is 50.6 Å². The molecule has 0 bridgehead atoms. The molecule has 0 amide bonds. The number of rotatable bonds is 4. The van der Waals surface area contributed by atoms with E-state index in [9.17, 15) is 5.11 Å². The van der Waals surface area contributed by atoms with Crippen LogP contribution in [0.2, 0.25) is 0 Å². The lowest BCUT2D eigenvalue weighted by molar-refractivity contribution is 0.108. The van der Waals surface area contributed by atoms with Crippen LogP contribution in [0.3, 0.4) is 0 Å². The van der Waals surface area contributed by atoms with Gasteiger partial charge >= 0.3 is 0 Å². The highest BCUT2D eigenvalue weighted by Gasteiger charge is 2.18. The molecule has 0 aromatic heterocycles. The van der Waals surface area contributed by atoms with Gasteiger partial charge in [0.25, 0.3) is 0 Å². The van der Waals surface area contributed by atoms with Crippen molar-refractivity contribution in [1.82, 2.24) is 5.32 Å². The molecule has 0 atom stereocenters. The Bertz CT molecular complexity index is 325. The van der Waals surface area contributed by atoms with Crippen molar-refractivity contribution in [3.8, 4) is 0 Å². The Hall–Kier alpha value is -0.860. The summed E-state index contributed by atoms with van der Waals surface area (Å²) in [7, 11) is 0. The number of hydrogen-bond donors (Lipinski definition) is 2. The van der Waals surface area contributed by atoms with Crippen LogP contribution in [0.15, 0.2) is 24.3 Å². The van der Waals surface area contributed by atoms with Crippen LogP contribution in [-0.4, -0.2) is 17.8 Å². The van der Waals surface area contributed by atoms with Gasteiger partial charge in [-0.2, -0.15) is 0 Å². The topological polar surface area (TPSA) is 32.3 Å². The van der Waals surface area contributed by atoms with Crippen molar-refractivity contribution in [3.05, 3.63) is 35.4 Å². The van der Waals surface area contributed by atoms with Crippen LogP contribution in [0.5, 0.6) is 0 Å². The second-order valence-corrected chi connectivity index (χ2v) is 5.29. The molecule has 2 N–H and O–H groups in total.